The van der Waals surface area contributed by atoms with E-state index >= 15 is 0 Å². The Kier molecular flexibility index (Phi) is 36.7. The molecule has 0 aromatic rings. The van der Waals surface area contributed by atoms with Crippen molar-refractivity contribution in [1.29, 1.82) is 0 Å². The number of phosphoric acid groups is 1. The summed E-state index contributed by atoms with van der Waals surface area (Å²) in [5, 5.41) is 0. The first kappa shape index (κ1) is 53.7. The van der Waals surface area contributed by atoms with Gasteiger partial charge in [0, 0.05) is 12.8 Å². The zero-order chi connectivity index (χ0) is 41.4. The van der Waals surface area contributed by atoms with Crippen LogP contribution < -0.4 is 4.89 Å². The van der Waals surface area contributed by atoms with E-state index < -0.39 is 32.5 Å². The minimum absolute atomic E-state index is 0.0338. The lowest BCUT2D eigenvalue weighted by Crippen LogP contribution is -2.37. The Labute approximate surface area is 343 Å². The van der Waals surface area contributed by atoms with Gasteiger partial charge in [0.2, 0.25) is 0 Å². The number of nitrogens with zero attached hydrogens (tertiary/aromatic N) is 1. The highest BCUT2D eigenvalue weighted by atomic mass is 31.2. The van der Waals surface area contributed by atoms with Crippen LogP contribution in [0, 0.1) is 0 Å². The fourth-order valence-electron chi connectivity index (χ4n) is 5.62. The van der Waals surface area contributed by atoms with E-state index in [1.807, 2.05) is 21.1 Å². The predicted molar refractivity (Wildman–Crippen MR) is 231 cm³/mol. The van der Waals surface area contributed by atoms with Crippen molar-refractivity contribution in [1.82, 2.24) is 0 Å². The number of phosphoric ester groups is 1. The van der Waals surface area contributed by atoms with Gasteiger partial charge in [0.1, 0.15) is 19.8 Å². The topological polar surface area (TPSA) is 111 Å². The van der Waals surface area contributed by atoms with Crippen LogP contribution in [0.15, 0.2) is 60.8 Å². The standard InChI is InChI=1S/C46H82NO8P/c1-6-8-10-12-14-15-16-17-18-19-20-21-22-23-24-25-26-27-28-29-30-31-33-35-37-39-46(49)55-44(43-54-56(50,51)53-41-40-47(3,4)5)42-52-45(48)38-36-34-32-13-11-9-7-2/h8,10,14-15,17-18,20-21,23-24,44H,6-7,9,11-13,16,19,22,25-43H2,1-5H3/b10-8-,15-14-,18-17-,21-20-,24-23-. The van der Waals surface area contributed by atoms with Crippen LogP contribution in [0.2, 0.25) is 0 Å². The van der Waals surface area contributed by atoms with Crippen LogP contribution in [-0.4, -0.2) is 70.0 Å². The van der Waals surface area contributed by atoms with Crippen LogP contribution >= 0.6 is 7.82 Å². The Hall–Kier alpha value is -2.29. The highest BCUT2D eigenvalue weighted by molar-refractivity contribution is 7.45. The number of allylic oxidation sites excluding steroid dienone is 10. The van der Waals surface area contributed by atoms with E-state index in [0.29, 0.717) is 17.4 Å². The van der Waals surface area contributed by atoms with Gasteiger partial charge in [-0.3, -0.25) is 14.2 Å². The van der Waals surface area contributed by atoms with E-state index in [9.17, 15) is 19.0 Å². The molecule has 0 aromatic heterocycles. The molecular formula is C46H82NO8P. The molecule has 0 saturated carbocycles. The molecule has 324 valence electrons. The fraction of sp³-hybridized carbons (Fsp3) is 0.739. The molecule has 0 aliphatic carbocycles. The smallest absolute Gasteiger partial charge is 0.306 e. The second kappa shape index (κ2) is 38.2. The molecule has 0 rings (SSSR count). The van der Waals surface area contributed by atoms with E-state index in [4.69, 9.17) is 18.5 Å². The SMILES string of the molecule is CC/C=C\C/C=C\C/C=C\C/C=C\C/C=C\CCCCCCCCCCCC(=O)OC(COC(=O)CCCCCCCCC)COP(=O)([O-])OCC[N+](C)(C)C. The summed E-state index contributed by atoms with van der Waals surface area (Å²) in [4.78, 5) is 37.3. The fourth-order valence-corrected chi connectivity index (χ4v) is 6.35. The molecule has 0 heterocycles. The molecule has 2 unspecified atom stereocenters. The second-order valence-electron chi connectivity index (χ2n) is 15.7. The maximum absolute atomic E-state index is 12.6. The summed E-state index contributed by atoms with van der Waals surface area (Å²) in [6, 6.07) is 0. The van der Waals surface area contributed by atoms with Crippen molar-refractivity contribution in [3.05, 3.63) is 60.8 Å². The minimum Gasteiger partial charge on any atom is -0.756 e. The van der Waals surface area contributed by atoms with Gasteiger partial charge < -0.3 is 27.9 Å². The van der Waals surface area contributed by atoms with Gasteiger partial charge in [0.25, 0.3) is 7.82 Å². The zero-order valence-corrected chi connectivity index (χ0v) is 37.2. The number of hydrogen-bond acceptors (Lipinski definition) is 8. The molecule has 0 amide bonds. The number of likely N-dealkylation sites (N-methyl/N-ethyl adjacent to an activating group) is 1. The Morgan fingerprint density at radius 2 is 1.02 bits per heavy atom. The number of esters is 2. The number of unbranched alkanes of at least 4 members (excludes halogenated alkanes) is 15. The van der Waals surface area contributed by atoms with Crippen molar-refractivity contribution in [3.8, 4) is 0 Å². The molecule has 10 heteroatoms. The van der Waals surface area contributed by atoms with Gasteiger partial charge >= 0.3 is 11.9 Å². The number of hydrogen-bond donors (Lipinski definition) is 0. The van der Waals surface area contributed by atoms with Gasteiger partial charge in [-0.25, -0.2) is 0 Å². The van der Waals surface area contributed by atoms with Gasteiger partial charge in [0.15, 0.2) is 6.10 Å². The maximum atomic E-state index is 12.6. The van der Waals surface area contributed by atoms with Crippen molar-refractivity contribution in [2.24, 2.45) is 0 Å². The lowest BCUT2D eigenvalue weighted by molar-refractivity contribution is -0.870. The average molecular weight is 808 g/mol. The lowest BCUT2D eigenvalue weighted by Gasteiger charge is -2.28. The van der Waals surface area contributed by atoms with E-state index in [2.05, 4.69) is 74.6 Å². The number of rotatable bonds is 39. The summed E-state index contributed by atoms with van der Waals surface area (Å²) >= 11 is 0. The number of carbonyl (C=O) groups excluding carboxylic acids is 2. The molecule has 0 aromatic carbocycles. The molecular weight excluding hydrogens is 725 g/mol. The molecule has 0 saturated heterocycles. The van der Waals surface area contributed by atoms with Crippen molar-refractivity contribution >= 4 is 19.8 Å². The second-order valence-corrected chi connectivity index (χ2v) is 17.1. The van der Waals surface area contributed by atoms with Gasteiger partial charge in [-0.2, -0.15) is 0 Å². The summed E-state index contributed by atoms with van der Waals surface area (Å²) in [5.41, 5.74) is 0. The molecule has 56 heavy (non-hydrogen) atoms. The molecule has 0 fully saturated rings. The summed E-state index contributed by atoms with van der Waals surface area (Å²) in [5.74, 6) is -0.852. The van der Waals surface area contributed by atoms with E-state index in [1.165, 1.54) is 51.4 Å². The third-order valence-electron chi connectivity index (χ3n) is 9.05. The van der Waals surface area contributed by atoms with Crippen LogP contribution in [0.5, 0.6) is 0 Å². The van der Waals surface area contributed by atoms with Gasteiger partial charge in [-0.15, -0.1) is 0 Å². The van der Waals surface area contributed by atoms with Crippen LogP contribution in [0.4, 0.5) is 0 Å². The Bertz CT molecular complexity index is 1140. The lowest BCUT2D eigenvalue weighted by atomic mass is 10.1. The monoisotopic (exact) mass is 808 g/mol. The quantitative estimate of drug-likeness (QED) is 0.0198. The van der Waals surface area contributed by atoms with Gasteiger partial charge in [-0.05, 0) is 57.8 Å². The molecule has 0 radical (unpaired) electrons. The van der Waals surface area contributed by atoms with Crippen LogP contribution in [0.25, 0.3) is 0 Å². The normalized spacial score (nSPS) is 14.2. The van der Waals surface area contributed by atoms with Gasteiger partial charge in [-0.1, -0.05) is 158 Å². The van der Waals surface area contributed by atoms with Crippen LogP contribution in [0.3, 0.4) is 0 Å². The van der Waals surface area contributed by atoms with Crippen LogP contribution in [-0.2, 0) is 32.7 Å². The van der Waals surface area contributed by atoms with Crippen molar-refractivity contribution in [2.45, 2.75) is 174 Å². The van der Waals surface area contributed by atoms with Crippen molar-refractivity contribution in [2.75, 3.05) is 47.5 Å². The molecule has 9 nitrogen and oxygen atoms in total. The summed E-state index contributed by atoms with van der Waals surface area (Å²) in [7, 11) is 1.15. The Morgan fingerprint density at radius 1 is 0.571 bits per heavy atom. The van der Waals surface area contributed by atoms with Crippen molar-refractivity contribution < 1.29 is 42.1 Å². The highest BCUT2D eigenvalue weighted by Crippen LogP contribution is 2.38. The van der Waals surface area contributed by atoms with E-state index in [1.54, 1.807) is 0 Å². The van der Waals surface area contributed by atoms with E-state index in [0.717, 1.165) is 83.5 Å². The summed E-state index contributed by atoms with van der Waals surface area (Å²) in [6.45, 7) is 4.04. The molecule has 0 aliphatic rings. The Balaban J connectivity index is 4.19. The molecule has 0 N–H and O–H groups in total. The highest BCUT2D eigenvalue weighted by Gasteiger charge is 2.21. The van der Waals surface area contributed by atoms with Gasteiger partial charge in [0.05, 0.1) is 27.7 Å². The molecule has 0 bridgehead atoms. The summed E-state index contributed by atoms with van der Waals surface area (Å²) < 4.78 is 33.7. The first-order valence-electron chi connectivity index (χ1n) is 22.0. The minimum atomic E-state index is -4.62. The first-order valence-corrected chi connectivity index (χ1v) is 23.5. The number of ether oxygens (including phenoxy) is 2. The summed E-state index contributed by atoms with van der Waals surface area (Å²) in [6.07, 6.45) is 45.6. The number of carbonyl (C=O) groups is 2. The maximum Gasteiger partial charge on any atom is 0.306 e. The third kappa shape index (κ3) is 41.3. The predicted octanol–water partition coefficient (Wildman–Crippen LogP) is 11.8. The molecule has 0 spiro atoms. The number of quaternary nitrogens is 1. The zero-order valence-electron chi connectivity index (χ0n) is 36.3. The van der Waals surface area contributed by atoms with Crippen LogP contribution in [0.1, 0.15) is 168 Å². The molecule has 2 atom stereocenters. The Morgan fingerprint density at radius 3 is 1.52 bits per heavy atom. The first-order chi connectivity index (χ1) is 27.0. The van der Waals surface area contributed by atoms with E-state index in [-0.39, 0.29) is 26.1 Å². The largest absolute Gasteiger partial charge is 0.756 e. The average Bonchev–Trinajstić information content (AvgIpc) is 3.15. The van der Waals surface area contributed by atoms with Crippen molar-refractivity contribution in [3.63, 3.8) is 0 Å². The third-order valence-corrected chi connectivity index (χ3v) is 10.0. The molecule has 0 aliphatic heterocycles.